The molecule has 0 aromatic heterocycles. The van der Waals surface area contributed by atoms with Crippen molar-refractivity contribution in [3.63, 3.8) is 0 Å². The van der Waals surface area contributed by atoms with Gasteiger partial charge in [-0.3, -0.25) is 0 Å². The van der Waals surface area contributed by atoms with Crippen molar-refractivity contribution in [1.82, 2.24) is 0 Å². The molecular formula is CH3NO2Y. The predicted octanol–water partition coefficient (Wildman–Crippen LogP) is -0.379. The molecule has 4 heteroatoms. The summed E-state index contributed by atoms with van der Waals surface area (Å²) in [6.45, 7) is 0. The first kappa shape index (κ1) is 9.03. The van der Waals surface area contributed by atoms with Gasteiger partial charge in [-0.25, -0.2) is 4.79 Å². The van der Waals surface area contributed by atoms with Gasteiger partial charge < -0.3 is 10.8 Å². The third-order valence-electron chi connectivity index (χ3n) is 0. The zero-order chi connectivity index (χ0) is 3.58. The Morgan fingerprint density at radius 2 is 1.80 bits per heavy atom. The molecule has 3 N–H and O–H groups in total. The second kappa shape index (κ2) is 4.37. The molecule has 27 valence electrons. The summed E-state index contributed by atoms with van der Waals surface area (Å²) in [7, 11) is 0. The van der Waals surface area contributed by atoms with Crippen LogP contribution in [-0.2, 0) is 32.7 Å². The minimum atomic E-state index is -1.33. The molecule has 5 heavy (non-hydrogen) atoms. The largest absolute Gasteiger partial charge is 0.465 e. The van der Waals surface area contributed by atoms with Gasteiger partial charge in [0.25, 0.3) is 0 Å². The van der Waals surface area contributed by atoms with E-state index in [9.17, 15) is 0 Å². The van der Waals surface area contributed by atoms with Crippen LogP contribution in [0.2, 0.25) is 0 Å². The van der Waals surface area contributed by atoms with Crippen LogP contribution in [0.3, 0.4) is 0 Å². The first-order valence-electron chi connectivity index (χ1n) is 0.716. The molecule has 0 saturated carbocycles. The molecule has 0 aromatic carbocycles. The molecule has 1 radical (unpaired) electrons. The normalized spacial score (nSPS) is 4.80. The van der Waals surface area contributed by atoms with E-state index in [0.29, 0.717) is 0 Å². The van der Waals surface area contributed by atoms with Gasteiger partial charge >= 0.3 is 6.09 Å². The molecule has 0 heterocycles. The fraction of sp³-hybridized carbons (Fsp3) is 0. The number of amides is 1. The SMILES string of the molecule is NC(=O)O.[Y]. The quantitative estimate of drug-likeness (QED) is 0.494. The first-order chi connectivity index (χ1) is 1.73. The van der Waals surface area contributed by atoms with Gasteiger partial charge in [-0.1, -0.05) is 0 Å². The smallest absolute Gasteiger partial charge is 0.402 e. The third-order valence-corrected chi connectivity index (χ3v) is 0. The van der Waals surface area contributed by atoms with Crippen LogP contribution in [0, 0.1) is 0 Å². The molecule has 0 saturated heterocycles. The summed E-state index contributed by atoms with van der Waals surface area (Å²) in [6.07, 6.45) is -1.33. The summed E-state index contributed by atoms with van der Waals surface area (Å²) in [5.74, 6) is 0. The van der Waals surface area contributed by atoms with Gasteiger partial charge in [-0.15, -0.1) is 0 Å². The Labute approximate surface area is 54.4 Å². The molecule has 0 aromatic rings. The van der Waals surface area contributed by atoms with Crippen LogP contribution in [0.4, 0.5) is 4.79 Å². The summed E-state index contributed by atoms with van der Waals surface area (Å²) in [4.78, 5) is 8.78. The van der Waals surface area contributed by atoms with E-state index in [0.717, 1.165) is 0 Å². The Morgan fingerprint density at radius 1 is 1.80 bits per heavy atom. The summed E-state index contributed by atoms with van der Waals surface area (Å²) < 4.78 is 0. The number of primary amides is 1. The number of hydrogen-bond acceptors (Lipinski definition) is 1. The van der Waals surface area contributed by atoms with E-state index in [4.69, 9.17) is 9.90 Å². The maximum Gasteiger partial charge on any atom is 0.402 e. The van der Waals surface area contributed by atoms with Crippen molar-refractivity contribution in [2.24, 2.45) is 5.73 Å². The van der Waals surface area contributed by atoms with Crippen LogP contribution < -0.4 is 5.73 Å². The molecule has 1 amide bonds. The summed E-state index contributed by atoms with van der Waals surface area (Å²) in [5.41, 5.74) is 4.03. The van der Waals surface area contributed by atoms with Crippen molar-refractivity contribution in [2.75, 3.05) is 0 Å². The fourth-order valence-electron chi connectivity index (χ4n) is 0. The molecule has 0 aliphatic rings. The van der Waals surface area contributed by atoms with Gasteiger partial charge in [0.15, 0.2) is 0 Å². The zero-order valence-corrected chi connectivity index (χ0v) is 5.35. The monoisotopic (exact) mass is 150 g/mol. The molecule has 0 rings (SSSR count). The van der Waals surface area contributed by atoms with Crippen molar-refractivity contribution in [2.45, 2.75) is 0 Å². The molecular weight excluding hydrogens is 147 g/mol. The van der Waals surface area contributed by atoms with Gasteiger partial charge in [0.2, 0.25) is 0 Å². The topological polar surface area (TPSA) is 63.3 Å². The van der Waals surface area contributed by atoms with Gasteiger partial charge in [0, 0.05) is 32.7 Å². The van der Waals surface area contributed by atoms with E-state index in [1.807, 2.05) is 0 Å². The van der Waals surface area contributed by atoms with E-state index in [2.05, 4.69) is 5.73 Å². The predicted molar refractivity (Wildman–Crippen MR) is 12.2 cm³/mol. The van der Waals surface area contributed by atoms with Gasteiger partial charge in [0.05, 0.1) is 0 Å². The minimum absolute atomic E-state index is 0. The molecule has 0 fully saturated rings. The molecule has 0 aliphatic heterocycles. The average molecular weight is 150 g/mol. The van der Waals surface area contributed by atoms with Crippen LogP contribution >= 0.6 is 0 Å². The molecule has 0 aliphatic carbocycles. The number of carbonyl (C=O) groups is 1. The minimum Gasteiger partial charge on any atom is -0.465 e. The Bertz CT molecular complexity index is 32.6. The summed E-state index contributed by atoms with van der Waals surface area (Å²) in [5, 5.41) is 7.19. The van der Waals surface area contributed by atoms with Crippen molar-refractivity contribution >= 4 is 6.09 Å². The van der Waals surface area contributed by atoms with Crippen LogP contribution in [0.25, 0.3) is 0 Å². The van der Waals surface area contributed by atoms with E-state index in [1.54, 1.807) is 0 Å². The number of rotatable bonds is 0. The first-order valence-corrected chi connectivity index (χ1v) is 0.716. The van der Waals surface area contributed by atoms with E-state index in [1.165, 1.54) is 0 Å². The Balaban J connectivity index is 0. The second-order valence-electron chi connectivity index (χ2n) is 0.338. The van der Waals surface area contributed by atoms with Gasteiger partial charge in [0.1, 0.15) is 0 Å². The van der Waals surface area contributed by atoms with Crippen molar-refractivity contribution in [3.05, 3.63) is 0 Å². The van der Waals surface area contributed by atoms with Crippen LogP contribution in [-0.4, -0.2) is 11.2 Å². The molecule has 0 atom stereocenters. The summed E-state index contributed by atoms with van der Waals surface area (Å²) >= 11 is 0. The van der Waals surface area contributed by atoms with Crippen molar-refractivity contribution in [3.8, 4) is 0 Å². The number of hydrogen-bond donors (Lipinski definition) is 2. The molecule has 3 nitrogen and oxygen atoms in total. The van der Waals surface area contributed by atoms with Crippen LogP contribution in [0.15, 0.2) is 0 Å². The fourth-order valence-corrected chi connectivity index (χ4v) is 0. The molecule has 0 bridgehead atoms. The average Bonchev–Trinajstić information content (AvgIpc) is 0.811. The molecule has 0 unspecified atom stereocenters. The number of nitrogens with two attached hydrogens (primary N) is 1. The second-order valence-corrected chi connectivity index (χ2v) is 0.338. The van der Waals surface area contributed by atoms with Crippen LogP contribution in [0.5, 0.6) is 0 Å². The van der Waals surface area contributed by atoms with E-state index < -0.39 is 6.09 Å². The maximum absolute atomic E-state index is 8.78. The van der Waals surface area contributed by atoms with Crippen molar-refractivity contribution < 1.29 is 42.6 Å². The van der Waals surface area contributed by atoms with E-state index >= 15 is 0 Å². The maximum atomic E-state index is 8.78. The third kappa shape index (κ3) is 176. The Kier molecular flexibility index (Phi) is 7.90. The number of carboxylic acid groups (broad SMARTS) is 1. The van der Waals surface area contributed by atoms with Gasteiger partial charge in [-0.2, -0.15) is 0 Å². The Hall–Kier alpha value is 0.374. The Morgan fingerprint density at radius 3 is 1.80 bits per heavy atom. The van der Waals surface area contributed by atoms with Crippen molar-refractivity contribution in [1.29, 1.82) is 0 Å². The van der Waals surface area contributed by atoms with Gasteiger partial charge in [-0.05, 0) is 0 Å². The van der Waals surface area contributed by atoms with E-state index in [-0.39, 0.29) is 32.7 Å². The summed E-state index contributed by atoms with van der Waals surface area (Å²) in [6, 6.07) is 0. The zero-order valence-electron chi connectivity index (χ0n) is 2.51. The van der Waals surface area contributed by atoms with Crippen LogP contribution in [0.1, 0.15) is 0 Å². The standard InChI is InChI=1S/CH3NO2.Y/c2-1(3)4;/h2H2,(H,3,4);. The molecule has 0 spiro atoms.